The number of ether oxygens (including phenoxy) is 2. The van der Waals surface area contributed by atoms with Crippen molar-refractivity contribution in [2.45, 2.75) is 20.3 Å². The molecule has 0 aliphatic carbocycles. The van der Waals surface area contributed by atoms with E-state index >= 15 is 0 Å². The number of thiophene rings is 1. The van der Waals surface area contributed by atoms with Crippen LogP contribution in [0.3, 0.4) is 0 Å². The van der Waals surface area contributed by atoms with Gasteiger partial charge in [0.1, 0.15) is 17.2 Å². The highest BCUT2D eigenvalue weighted by Crippen LogP contribution is 2.36. The summed E-state index contributed by atoms with van der Waals surface area (Å²) in [6.07, 6.45) is 0.170. The number of anilines is 1. The van der Waals surface area contributed by atoms with Crippen LogP contribution in [0.2, 0.25) is 5.02 Å². The van der Waals surface area contributed by atoms with Gasteiger partial charge in [0, 0.05) is 17.0 Å². The highest BCUT2D eigenvalue weighted by molar-refractivity contribution is 7.10. The predicted octanol–water partition coefficient (Wildman–Crippen LogP) is 5.13. The van der Waals surface area contributed by atoms with Crippen LogP contribution in [0.15, 0.2) is 47.8 Å². The van der Waals surface area contributed by atoms with Crippen LogP contribution >= 0.6 is 22.9 Å². The average Bonchev–Trinajstić information content (AvgIpc) is 3.25. The largest absolute Gasteiger partial charge is 0.507 e. The van der Waals surface area contributed by atoms with Crippen molar-refractivity contribution in [1.29, 1.82) is 0 Å². The number of amides is 1. The first kappa shape index (κ1) is 23.3. The summed E-state index contributed by atoms with van der Waals surface area (Å²) in [5.74, 6) is -1.67. The van der Waals surface area contributed by atoms with E-state index in [-0.39, 0.29) is 35.1 Å². The SMILES string of the molecule is CCOC(=O)C(=O)Nc1cc(C)c(Oc2ccc(O)c(C(=O)Cc3cccs3)c2)c(Cl)c1. The molecule has 0 unspecified atom stereocenters. The molecule has 0 saturated heterocycles. The van der Waals surface area contributed by atoms with Gasteiger partial charge in [-0.3, -0.25) is 9.59 Å². The molecule has 0 aliphatic heterocycles. The van der Waals surface area contributed by atoms with E-state index in [0.717, 1.165) is 4.88 Å². The topological polar surface area (TPSA) is 102 Å². The molecule has 32 heavy (non-hydrogen) atoms. The molecule has 0 spiro atoms. The number of carbonyl (C=O) groups is 3. The number of ketones is 1. The Morgan fingerprint density at radius 1 is 1.16 bits per heavy atom. The van der Waals surface area contributed by atoms with Crippen molar-refractivity contribution in [1.82, 2.24) is 0 Å². The van der Waals surface area contributed by atoms with Gasteiger partial charge >= 0.3 is 11.9 Å². The molecule has 0 aliphatic rings. The van der Waals surface area contributed by atoms with Crippen molar-refractivity contribution in [3.05, 3.63) is 68.9 Å². The first-order valence-corrected chi connectivity index (χ1v) is 10.9. The third kappa shape index (κ3) is 5.66. The number of rotatable bonds is 7. The molecule has 0 saturated carbocycles. The Hall–Kier alpha value is -3.36. The molecule has 2 N–H and O–H groups in total. The van der Waals surface area contributed by atoms with Gasteiger partial charge in [-0.05, 0) is 61.2 Å². The maximum atomic E-state index is 12.6. The van der Waals surface area contributed by atoms with E-state index in [9.17, 15) is 19.5 Å². The number of hydrogen-bond acceptors (Lipinski definition) is 7. The Bertz CT molecular complexity index is 1140. The minimum Gasteiger partial charge on any atom is -0.507 e. The van der Waals surface area contributed by atoms with Crippen LogP contribution in [0.5, 0.6) is 17.2 Å². The summed E-state index contributed by atoms with van der Waals surface area (Å²) in [6, 6.07) is 11.1. The van der Waals surface area contributed by atoms with E-state index in [0.29, 0.717) is 22.7 Å². The molecule has 2 aromatic carbocycles. The third-order valence-corrected chi connectivity index (χ3v) is 5.51. The Balaban J connectivity index is 1.79. The van der Waals surface area contributed by atoms with E-state index in [2.05, 4.69) is 10.1 Å². The monoisotopic (exact) mass is 473 g/mol. The van der Waals surface area contributed by atoms with Gasteiger partial charge in [-0.25, -0.2) is 4.79 Å². The van der Waals surface area contributed by atoms with Crippen molar-refractivity contribution in [3.8, 4) is 17.2 Å². The molecule has 1 heterocycles. The minimum atomic E-state index is -0.995. The fourth-order valence-corrected chi connectivity index (χ4v) is 3.91. The normalized spacial score (nSPS) is 10.5. The van der Waals surface area contributed by atoms with Gasteiger partial charge in [0.25, 0.3) is 0 Å². The van der Waals surface area contributed by atoms with Crippen molar-refractivity contribution in [3.63, 3.8) is 0 Å². The number of benzene rings is 2. The number of esters is 1. The summed E-state index contributed by atoms with van der Waals surface area (Å²) in [5, 5.41) is 14.6. The number of carbonyl (C=O) groups excluding carboxylic acids is 3. The van der Waals surface area contributed by atoms with Crippen molar-refractivity contribution in [2.24, 2.45) is 0 Å². The first-order valence-electron chi connectivity index (χ1n) is 9.63. The molecule has 166 valence electrons. The Morgan fingerprint density at radius 3 is 2.59 bits per heavy atom. The zero-order chi connectivity index (χ0) is 23.3. The summed E-state index contributed by atoms with van der Waals surface area (Å²) < 4.78 is 10.5. The van der Waals surface area contributed by atoms with Gasteiger partial charge in [-0.1, -0.05) is 17.7 Å². The smallest absolute Gasteiger partial charge is 0.397 e. The second-order valence-electron chi connectivity index (χ2n) is 6.74. The third-order valence-electron chi connectivity index (χ3n) is 4.35. The summed E-state index contributed by atoms with van der Waals surface area (Å²) in [4.78, 5) is 36.8. The molecule has 3 rings (SSSR count). The van der Waals surface area contributed by atoms with Crippen LogP contribution in [-0.4, -0.2) is 29.4 Å². The average molecular weight is 474 g/mol. The van der Waals surface area contributed by atoms with Crippen LogP contribution in [0.4, 0.5) is 5.69 Å². The quantitative estimate of drug-likeness (QED) is 0.280. The summed E-state index contributed by atoms with van der Waals surface area (Å²) in [7, 11) is 0. The van der Waals surface area contributed by atoms with Crippen LogP contribution in [-0.2, 0) is 20.7 Å². The van der Waals surface area contributed by atoms with Gasteiger partial charge in [0.2, 0.25) is 0 Å². The van der Waals surface area contributed by atoms with Gasteiger partial charge in [0.05, 0.1) is 17.2 Å². The Morgan fingerprint density at radius 2 is 1.94 bits per heavy atom. The molecule has 0 fully saturated rings. The van der Waals surface area contributed by atoms with Crippen LogP contribution in [0.25, 0.3) is 0 Å². The molecule has 1 amide bonds. The highest BCUT2D eigenvalue weighted by atomic mass is 35.5. The van der Waals surface area contributed by atoms with E-state index in [1.165, 1.54) is 35.6 Å². The number of Topliss-reactive ketones (excluding diaryl/α,β-unsaturated/α-hetero) is 1. The van der Waals surface area contributed by atoms with Gasteiger partial charge < -0.3 is 19.9 Å². The van der Waals surface area contributed by atoms with Crippen LogP contribution < -0.4 is 10.1 Å². The van der Waals surface area contributed by atoms with Crippen molar-refractivity contribution in [2.75, 3.05) is 11.9 Å². The standard InChI is InChI=1S/C23H20ClNO6S/c1-3-30-23(29)22(28)25-14-9-13(2)21(18(24)10-14)31-15-6-7-19(26)17(11-15)20(27)12-16-5-4-8-32-16/h4-11,26H,3,12H2,1-2H3,(H,25,28). The highest BCUT2D eigenvalue weighted by Gasteiger charge is 2.18. The number of aromatic hydroxyl groups is 1. The molecular formula is C23H20ClNO6S. The molecule has 0 bridgehead atoms. The Labute approximate surface area is 193 Å². The maximum Gasteiger partial charge on any atom is 0.397 e. The number of aryl methyl sites for hydroxylation is 1. The summed E-state index contributed by atoms with van der Waals surface area (Å²) in [5.41, 5.74) is 1.02. The van der Waals surface area contributed by atoms with Crippen molar-refractivity contribution < 1.29 is 29.0 Å². The number of phenols is 1. The number of halogens is 1. The lowest BCUT2D eigenvalue weighted by Crippen LogP contribution is -2.25. The van der Waals surface area contributed by atoms with E-state index in [4.69, 9.17) is 16.3 Å². The fourth-order valence-electron chi connectivity index (χ4n) is 2.90. The van der Waals surface area contributed by atoms with E-state index < -0.39 is 11.9 Å². The van der Waals surface area contributed by atoms with E-state index in [1.54, 1.807) is 19.9 Å². The second-order valence-corrected chi connectivity index (χ2v) is 8.18. The van der Waals surface area contributed by atoms with Gasteiger partial charge in [-0.15, -0.1) is 11.3 Å². The zero-order valence-corrected chi connectivity index (χ0v) is 18.9. The lowest BCUT2D eigenvalue weighted by atomic mass is 10.1. The van der Waals surface area contributed by atoms with E-state index in [1.807, 2.05) is 17.5 Å². The molecule has 7 nitrogen and oxygen atoms in total. The molecule has 1 aromatic heterocycles. The van der Waals surface area contributed by atoms with Gasteiger partial charge in [-0.2, -0.15) is 0 Å². The first-order chi connectivity index (χ1) is 15.3. The van der Waals surface area contributed by atoms with Crippen molar-refractivity contribution >= 4 is 46.3 Å². The van der Waals surface area contributed by atoms with Crippen LogP contribution in [0, 0.1) is 6.92 Å². The minimum absolute atomic E-state index is 0.0866. The summed E-state index contributed by atoms with van der Waals surface area (Å²) >= 11 is 7.79. The lowest BCUT2D eigenvalue weighted by Gasteiger charge is -2.14. The van der Waals surface area contributed by atoms with Crippen LogP contribution in [0.1, 0.15) is 27.7 Å². The van der Waals surface area contributed by atoms with Gasteiger partial charge in [0.15, 0.2) is 5.78 Å². The predicted molar refractivity (Wildman–Crippen MR) is 122 cm³/mol. The number of hydrogen-bond donors (Lipinski definition) is 2. The fraction of sp³-hybridized carbons (Fsp3) is 0.174. The lowest BCUT2D eigenvalue weighted by molar-refractivity contribution is -0.152. The molecular weight excluding hydrogens is 454 g/mol. The Kier molecular flexibility index (Phi) is 7.50. The molecule has 3 aromatic rings. The molecule has 0 atom stereocenters. The second kappa shape index (κ2) is 10.3. The molecule has 0 radical (unpaired) electrons. The molecule has 9 heteroatoms. The summed E-state index contributed by atoms with van der Waals surface area (Å²) in [6.45, 7) is 3.40. The maximum absolute atomic E-state index is 12.6. The number of phenolic OH excluding ortho intramolecular Hbond substituents is 1. The zero-order valence-electron chi connectivity index (χ0n) is 17.3. The number of nitrogens with one attached hydrogen (secondary N) is 1.